The van der Waals surface area contributed by atoms with E-state index in [1.807, 2.05) is 0 Å². The van der Waals surface area contributed by atoms with E-state index in [1.54, 1.807) is 0 Å². The number of primary amides is 2. The van der Waals surface area contributed by atoms with Crippen LogP contribution in [0, 0.1) is 0 Å². The van der Waals surface area contributed by atoms with Gasteiger partial charge in [-0.2, -0.15) is 0 Å². The van der Waals surface area contributed by atoms with E-state index in [0.717, 1.165) is 0 Å². The van der Waals surface area contributed by atoms with Crippen molar-refractivity contribution >= 4 is 14.7 Å². The van der Waals surface area contributed by atoms with Crippen LogP contribution < -0.4 is 11.5 Å². The zero-order valence-electron chi connectivity index (χ0n) is 3.50. The lowest BCUT2D eigenvalue weighted by Crippen LogP contribution is -2.18. The zero-order chi connectivity index (χ0) is 6.28. The summed E-state index contributed by atoms with van der Waals surface area (Å²) in [5.41, 5.74) is 8.50. The first kappa shape index (κ1) is 9.68. The van der Waals surface area contributed by atoms with Crippen LogP contribution in [0.2, 0.25) is 0 Å². The summed E-state index contributed by atoms with van der Waals surface area (Å²) in [7, 11) is -1.50. The van der Waals surface area contributed by atoms with Crippen molar-refractivity contribution in [2.75, 3.05) is 0 Å². The van der Waals surface area contributed by atoms with Gasteiger partial charge in [0.1, 0.15) is 0 Å². The quantitative estimate of drug-likeness (QED) is 0.350. The minimum absolute atomic E-state index is 0.833. The molecule has 5 nitrogen and oxygen atoms in total. The molecule has 0 aromatic rings. The number of hydrogen-bond donors (Lipinski definition) is 3. The summed E-state index contributed by atoms with van der Waals surface area (Å²) in [6.07, 6.45) is 0. The van der Waals surface area contributed by atoms with Crippen molar-refractivity contribution in [3.05, 3.63) is 0 Å². The minimum Gasteiger partial charge on any atom is -0.352 e. The molecule has 0 spiro atoms. The van der Waals surface area contributed by atoms with Crippen molar-refractivity contribution < 1.29 is 14.3 Å². The highest BCUT2D eigenvalue weighted by atomic mass is 31.1. The Balaban J connectivity index is 0. The summed E-state index contributed by atoms with van der Waals surface area (Å²) in [5.74, 6) is 0. The lowest BCUT2D eigenvalue weighted by atomic mass is 11.2. The third-order valence-corrected chi connectivity index (χ3v) is 0. The highest BCUT2D eigenvalue weighted by Crippen LogP contribution is 1.66. The van der Waals surface area contributed by atoms with Gasteiger partial charge in [-0.25, -0.2) is 4.79 Å². The lowest BCUT2D eigenvalue weighted by molar-refractivity contribution is 0.256. The predicted molar refractivity (Wildman–Crippen MR) is 26.4 cm³/mol. The molecule has 0 saturated carbocycles. The molecule has 1 unspecified atom stereocenters. The Hall–Kier alpha value is -0.540. The van der Waals surface area contributed by atoms with Crippen LogP contribution in [0.25, 0.3) is 0 Å². The molecule has 7 heavy (non-hydrogen) atoms. The van der Waals surface area contributed by atoms with Crippen LogP contribution in [0.1, 0.15) is 0 Å². The molecular formula is CH7N2O3P. The summed E-state index contributed by atoms with van der Waals surface area (Å²) in [6, 6.07) is -0.833. The fourth-order valence-electron chi connectivity index (χ4n) is 0. The van der Waals surface area contributed by atoms with Gasteiger partial charge in [-0.05, 0) is 0 Å². The SMILES string of the molecule is NC(N)=O.O=[PH2]O. The van der Waals surface area contributed by atoms with Crippen molar-refractivity contribution in [2.45, 2.75) is 0 Å². The van der Waals surface area contributed by atoms with E-state index >= 15 is 0 Å². The first-order valence-corrected chi connectivity index (χ1v) is 2.26. The van der Waals surface area contributed by atoms with Crippen molar-refractivity contribution in [3.8, 4) is 0 Å². The Bertz CT molecular complexity index is 60.0. The van der Waals surface area contributed by atoms with E-state index in [4.69, 9.17) is 14.3 Å². The van der Waals surface area contributed by atoms with Gasteiger partial charge >= 0.3 is 6.03 Å². The Morgan fingerprint density at radius 3 is 1.57 bits per heavy atom. The van der Waals surface area contributed by atoms with Crippen molar-refractivity contribution in [2.24, 2.45) is 11.5 Å². The summed E-state index contributed by atoms with van der Waals surface area (Å²) in [6.45, 7) is 0. The van der Waals surface area contributed by atoms with Crippen LogP contribution in [0.4, 0.5) is 4.79 Å². The summed E-state index contributed by atoms with van der Waals surface area (Å²) in [4.78, 5) is 16.1. The monoisotopic (exact) mass is 126 g/mol. The largest absolute Gasteiger partial charge is 0.352 e. The molecule has 0 aliphatic carbocycles. The van der Waals surface area contributed by atoms with Crippen molar-refractivity contribution in [1.29, 1.82) is 0 Å². The molecule has 0 rings (SSSR count). The molecule has 0 aliphatic heterocycles. The average Bonchev–Trinajstić information content (AvgIpc) is 1.33. The Morgan fingerprint density at radius 1 is 1.57 bits per heavy atom. The van der Waals surface area contributed by atoms with Gasteiger partial charge in [0.05, 0.1) is 0 Å². The summed E-state index contributed by atoms with van der Waals surface area (Å²) in [5, 5.41) is 0. The fraction of sp³-hybridized carbons (Fsp3) is 0. The third-order valence-electron chi connectivity index (χ3n) is 0. The molecule has 0 fully saturated rings. The Morgan fingerprint density at radius 2 is 1.57 bits per heavy atom. The van der Waals surface area contributed by atoms with Crippen molar-refractivity contribution in [3.63, 3.8) is 0 Å². The summed E-state index contributed by atoms with van der Waals surface area (Å²) >= 11 is 0. The molecular weight excluding hydrogens is 119 g/mol. The van der Waals surface area contributed by atoms with Gasteiger partial charge in [-0.3, -0.25) is 4.57 Å². The highest BCUT2D eigenvalue weighted by Gasteiger charge is 1.60. The molecule has 0 radical (unpaired) electrons. The van der Waals surface area contributed by atoms with Crippen LogP contribution in [0.15, 0.2) is 0 Å². The standard InChI is InChI=1S/CH4N2O.H3O2P/c2-1(3)4;1-3-2/h(H4,2,3,4);3H2,(H,1,2). The molecule has 1 atom stereocenters. The predicted octanol–water partition coefficient (Wildman–Crippen LogP) is -1.33. The maximum absolute atomic E-state index is 9.00. The number of urea groups is 1. The first-order valence-electron chi connectivity index (χ1n) is 1.28. The lowest BCUT2D eigenvalue weighted by Gasteiger charge is -1.62. The number of amides is 2. The van der Waals surface area contributed by atoms with E-state index in [-0.39, 0.29) is 0 Å². The Labute approximate surface area is 41.6 Å². The van der Waals surface area contributed by atoms with Crippen LogP contribution in [0.3, 0.4) is 0 Å². The van der Waals surface area contributed by atoms with Crippen molar-refractivity contribution in [1.82, 2.24) is 0 Å². The molecule has 44 valence electrons. The van der Waals surface area contributed by atoms with E-state index in [9.17, 15) is 0 Å². The number of rotatable bonds is 0. The smallest absolute Gasteiger partial charge is 0.309 e. The van der Waals surface area contributed by atoms with E-state index in [1.165, 1.54) is 0 Å². The number of carbonyl (C=O) groups is 1. The molecule has 0 saturated heterocycles. The van der Waals surface area contributed by atoms with Gasteiger partial charge in [0.25, 0.3) is 0 Å². The molecule has 0 heterocycles. The van der Waals surface area contributed by atoms with Gasteiger partial charge in [-0.1, -0.05) is 0 Å². The zero-order valence-corrected chi connectivity index (χ0v) is 4.65. The number of hydrogen-bond acceptors (Lipinski definition) is 2. The second-order valence-corrected chi connectivity index (χ2v) is 0.719. The molecule has 6 heteroatoms. The third kappa shape index (κ3) is 224. The minimum atomic E-state index is -1.50. The van der Waals surface area contributed by atoms with Crippen LogP contribution in [0.5, 0.6) is 0 Å². The van der Waals surface area contributed by atoms with Gasteiger partial charge in [0.2, 0.25) is 0 Å². The fourth-order valence-corrected chi connectivity index (χ4v) is 0. The molecule has 0 aliphatic rings. The van der Waals surface area contributed by atoms with E-state index < -0.39 is 14.7 Å². The first-order chi connectivity index (χ1) is 3.15. The number of carbonyl (C=O) groups excluding carboxylic acids is 1. The summed E-state index contributed by atoms with van der Waals surface area (Å²) < 4.78 is 8.57. The number of nitrogens with two attached hydrogens (primary N) is 2. The molecule has 0 aromatic carbocycles. The average molecular weight is 126 g/mol. The maximum atomic E-state index is 9.00. The van der Waals surface area contributed by atoms with E-state index in [0.29, 0.717) is 0 Å². The molecule has 2 amide bonds. The van der Waals surface area contributed by atoms with Gasteiger partial charge < -0.3 is 16.4 Å². The maximum Gasteiger partial charge on any atom is 0.309 e. The van der Waals surface area contributed by atoms with Crippen LogP contribution >= 0.6 is 8.69 Å². The van der Waals surface area contributed by atoms with Crippen LogP contribution in [-0.4, -0.2) is 10.9 Å². The second kappa shape index (κ2) is 9.07. The van der Waals surface area contributed by atoms with Gasteiger partial charge in [0, 0.05) is 0 Å². The molecule has 5 N–H and O–H groups in total. The van der Waals surface area contributed by atoms with E-state index in [2.05, 4.69) is 11.5 Å². The normalized spacial score (nSPS) is 7.57. The van der Waals surface area contributed by atoms with Gasteiger partial charge in [0.15, 0.2) is 8.69 Å². The molecule has 0 bridgehead atoms. The van der Waals surface area contributed by atoms with Crippen LogP contribution in [-0.2, 0) is 4.57 Å². The second-order valence-electron chi connectivity index (χ2n) is 0.508. The van der Waals surface area contributed by atoms with Gasteiger partial charge in [-0.15, -0.1) is 0 Å². The topological polar surface area (TPSA) is 106 Å². The Kier molecular flexibility index (Phi) is 12.5. The molecule has 0 aromatic heterocycles. The highest BCUT2D eigenvalue weighted by molar-refractivity contribution is 7.16.